The number of nitrogens with zero attached hydrogens (tertiary/aromatic N) is 3. The van der Waals surface area contributed by atoms with Gasteiger partial charge >= 0.3 is 0 Å². The first-order chi connectivity index (χ1) is 8.81. The second-order valence-electron chi connectivity index (χ2n) is 4.51. The maximum atomic E-state index is 9.18. The van der Waals surface area contributed by atoms with Gasteiger partial charge in [-0.3, -0.25) is 0 Å². The van der Waals surface area contributed by atoms with Crippen LogP contribution < -0.4 is 5.32 Å². The first-order valence-electron chi connectivity index (χ1n) is 6.09. The second-order valence-corrected chi connectivity index (χ2v) is 4.51. The molecule has 4 nitrogen and oxygen atoms in total. The summed E-state index contributed by atoms with van der Waals surface area (Å²) in [5.41, 5.74) is 5.00. The van der Waals surface area contributed by atoms with Crippen LogP contribution in [-0.2, 0) is 13.0 Å². The molecule has 2 heterocycles. The summed E-state index contributed by atoms with van der Waals surface area (Å²) >= 11 is 0. The molecule has 3 rings (SSSR count). The van der Waals surface area contributed by atoms with Crippen molar-refractivity contribution in [2.24, 2.45) is 0 Å². The van der Waals surface area contributed by atoms with E-state index in [0.717, 1.165) is 42.0 Å². The molecule has 1 N–H and O–H groups in total. The summed E-state index contributed by atoms with van der Waals surface area (Å²) in [6.07, 6.45) is 0.879. The summed E-state index contributed by atoms with van der Waals surface area (Å²) in [6, 6.07) is 10.3. The molecular weight excluding hydrogens is 224 g/mol. The molecule has 0 saturated heterocycles. The molecule has 0 spiro atoms. The Morgan fingerprint density at radius 2 is 2.22 bits per heavy atom. The van der Waals surface area contributed by atoms with E-state index < -0.39 is 0 Å². The van der Waals surface area contributed by atoms with Crippen LogP contribution in [0.4, 0.5) is 0 Å². The third-order valence-electron chi connectivity index (χ3n) is 3.38. The molecule has 0 radical (unpaired) electrons. The van der Waals surface area contributed by atoms with Gasteiger partial charge in [0.15, 0.2) is 5.69 Å². The largest absolute Gasteiger partial charge is 0.311 e. The van der Waals surface area contributed by atoms with Gasteiger partial charge < -0.3 is 5.32 Å². The molecule has 4 heteroatoms. The lowest BCUT2D eigenvalue weighted by Gasteiger charge is -2.16. The number of fused-ring (bicyclic) bond motifs is 1. The fraction of sp³-hybridized carbons (Fsp3) is 0.286. The number of rotatable bonds is 1. The highest BCUT2D eigenvalue weighted by Crippen LogP contribution is 2.23. The van der Waals surface area contributed by atoms with Crippen molar-refractivity contribution in [2.45, 2.75) is 19.9 Å². The Hall–Kier alpha value is -2.12. The maximum absolute atomic E-state index is 9.18. The van der Waals surface area contributed by atoms with E-state index in [4.69, 9.17) is 0 Å². The molecule has 1 aromatic carbocycles. The summed E-state index contributed by atoms with van der Waals surface area (Å²) in [7, 11) is 0. The normalized spacial score (nSPS) is 14.0. The molecule has 18 heavy (non-hydrogen) atoms. The van der Waals surface area contributed by atoms with E-state index in [9.17, 15) is 5.26 Å². The van der Waals surface area contributed by atoms with E-state index >= 15 is 0 Å². The quantitative estimate of drug-likeness (QED) is 0.822. The topological polar surface area (TPSA) is 53.6 Å². The number of nitriles is 1. The molecule has 2 aromatic rings. The number of aromatic nitrogens is 2. The van der Waals surface area contributed by atoms with Crippen molar-refractivity contribution in [2.75, 3.05) is 6.54 Å². The van der Waals surface area contributed by atoms with Crippen LogP contribution in [-0.4, -0.2) is 16.3 Å². The van der Waals surface area contributed by atoms with Crippen molar-refractivity contribution in [1.29, 1.82) is 5.26 Å². The number of hydrogen-bond donors (Lipinski definition) is 1. The summed E-state index contributed by atoms with van der Waals surface area (Å²) < 4.78 is 1.91. The van der Waals surface area contributed by atoms with E-state index in [2.05, 4.69) is 29.5 Å². The zero-order chi connectivity index (χ0) is 12.5. The van der Waals surface area contributed by atoms with Crippen LogP contribution in [0.1, 0.15) is 22.5 Å². The van der Waals surface area contributed by atoms with Gasteiger partial charge in [-0.2, -0.15) is 10.4 Å². The predicted molar refractivity (Wildman–Crippen MR) is 68.4 cm³/mol. The van der Waals surface area contributed by atoms with E-state index in [1.165, 1.54) is 0 Å². The average Bonchev–Trinajstić information content (AvgIpc) is 2.78. The lowest BCUT2D eigenvalue weighted by atomic mass is 10.1. The van der Waals surface area contributed by atoms with Crippen LogP contribution in [0, 0.1) is 18.3 Å². The third kappa shape index (κ3) is 1.60. The Morgan fingerprint density at radius 3 is 3.00 bits per heavy atom. The van der Waals surface area contributed by atoms with Crippen molar-refractivity contribution >= 4 is 0 Å². The molecular formula is C14H14N4. The van der Waals surface area contributed by atoms with Crippen LogP contribution in [0.25, 0.3) is 5.69 Å². The van der Waals surface area contributed by atoms with Gasteiger partial charge in [-0.1, -0.05) is 18.2 Å². The van der Waals surface area contributed by atoms with E-state index in [0.29, 0.717) is 5.69 Å². The molecule has 0 aliphatic carbocycles. The lowest BCUT2D eigenvalue weighted by Crippen LogP contribution is -2.25. The molecule has 0 atom stereocenters. The van der Waals surface area contributed by atoms with E-state index in [1.807, 2.05) is 22.9 Å². The molecule has 0 fully saturated rings. The smallest absolute Gasteiger partial charge is 0.166 e. The van der Waals surface area contributed by atoms with Gasteiger partial charge in [0.25, 0.3) is 0 Å². The lowest BCUT2D eigenvalue weighted by molar-refractivity contribution is 0.614. The number of para-hydroxylation sites is 1. The zero-order valence-electron chi connectivity index (χ0n) is 10.3. The van der Waals surface area contributed by atoms with Crippen LogP contribution in [0.3, 0.4) is 0 Å². The molecule has 1 aromatic heterocycles. The minimum Gasteiger partial charge on any atom is -0.311 e. The third-order valence-corrected chi connectivity index (χ3v) is 3.38. The highest BCUT2D eigenvalue weighted by atomic mass is 15.3. The molecule has 0 saturated carbocycles. The minimum atomic E-state index is 0.565. The molecule has 1 aliphatic rings. The summed E-state index contributed by atoms with van der Waals surface area (Å²) in [5, 5.41) is 17.0. The van der Waals surface area contributed by atoms with Crippen molar-refractivity contribution in [1.82, 2.24) is 15.1 Å². The molecule has 0 unspecified atom stereocenters. The first kappa shape index (κ1) is 11.0. The van der Waals surface area contributed by atoms with Gasteiger partial charge in [-0.15, -0.1) is 0 Å². The highest BCUT2D eigenvalue weighted by Gasteiger charge is 2.21. The van der Waals surface area contributed by atoms with Crippen molar-refractivity contribution < 1.29 is 0 Å². The average molecular weight is 238 g/mol. The van der Waals surface area contributed by atoms with Gasteiger partial charge in [0.1, 0.15) is 6.07 Å². The Bertz CT molecular complexity index is 634. The van der Waals surface area contributed by atoms with Crippen LogP contribution in [0.2, 0.25) is 0 Å². The highest BCUT2D eigenvalue weighted by molar-refractivity contribution is 5.46. The monoisotopic (exact) mass is 238 g/mol. The van der Waals surface area contributed by atoms with Crippen molar-refractivity contribution in [3.8, 4) is 11.8 Å². The molecule has 0 bridgehead atoms. The summed E-state index contributed by atoms with van der Waals surface area (Å²) in [6.45, 7) is 3.76. The number of hydrogen-bond acceptors (Lipinski definition) is 3. The fourth-order valence-electron chi connectivity index (χ4n) is 2.44. The van der Waals surface area contributed by atoms with Gasteiger partial charge in [0.05, 0.1) is 11.4 Å². The fourth-order valence-corrected chi connectivity index (χ4v) is 2.44. The van der Waals surface area contributed by atoms with E-state index in [-0.39, 0.29) is 0 Å². The predicted octanol–water partition coefficient (Wildman–Crippen LogP) is 1.70. The van der Waals surface area contributed by atoms with Crippen LogP contribution >= 0.6 is 0 Å². The van der Waals surface area contributed by atoms with Crippen molar-refractivity contribution in [3.63, 3.8) is 0 Å². The molecule has 1 aliphatic heterocycles. The first-order valence-corrected chi connectivity index (χ1v) is 6.09. The standard InChI is InChI=1S/C14H14N4/c1-10-4-2-3-5-13(10)18-14-9-16-7-6-11(14)12(8-15)17-18/h2-5,16H,6-7,9H2,1H3. The Labute approximate surface area is 106 Å². The van der Waals surface area contributed by atoms with Gasteiger partial charge in [-0.25, -0.2) is 4.68 Å². The van der Waals surface area contributed by atoms with Crippen LogP contribution in [0.5, 0.6) is 0 Å². The van der Waals surface area contributed by atoms with Gasteiger partial charge in [0.2, 0.25) is 0 Å². The number of aryl methyl sites for hydroxylation is 1. The maximum Gasteiger partial charge on any atom is 0.166 e. The van der Waals surface area contributed by atoms with Crippen molar-refractivity contribution in [3.05, 3.63) is 46.8 Å². The Balaban J connectivity index is 2.22. The second kappa shape index (κ2) is 4.28. The minimum absolute atomic E-state index is 0.565. The van der Waals surface area contributed by atoms with Gasteiger partial charge in [-0.05, 0) is 31.5 Å². The van der Waals surface area contributed by atoms with Gasteiger partial charge in [0, 0.05) is 12.1 Å². The molecule has 90 valence electrons. The molecule has 0 amide bonds. The Kier molecular flexibility index (Phi) is 2.62. The number of benzene rings is 1. The Morgan fingerprint density at radius 1 is 1.39 bits per heavy atom. The van der Waals surface area contributed by atoms with Crippen LogP contribution in [0.15, 0.2) is 24.3 Å². The summed E-state index contributed by atoms with van der Waals surface area (Å²) in [4.78, 5) is 0. The SMILES string of the molecule is Cc1ccccc1-n1nc(C#N)c2c1CNCC2. The zero-order valence-corrected chi connectivity index (χ0v) is 10.3. The van der Waals surface area contributed by atoms with E-state index in [1.54, 1.807) is 0 Å². The summed E-state index contributed by atoms with van der Waals surface area (Å²) in [5.74, 6) is 0. The number of nitrogens with one attached hydrogen (secondary N) is 1.